The van der Waals surface area contributed by atoms with Crippen LogP contribution in [0, 0.1) is 0 Å². The lowest BCUT2D eigenvalue weighted by molar-refractivity contribution is 0.108. The molecule has 2 rings (SSSR count). The third kappa shape index (κ3) is 4.63. The highest BCUT2D eigenvalue weighted by atomic mass is 16.7. The minimum Gasteiger partial charge on any atom is -0.430 e. The van der Waals surface area contributed by atoms with E-state index in [1.54, 1.807) is 30.3 Å². The Balaban J connectivity index is 2.42. The van der Waals surface area contributed by atoms with E-state index in [1.807, 2.05) is 6.92 Å². The predicted octanol–water partition coefficient (Wildman–Crippen LogP) is 4.81. The van der Waals surface area contributed by atoms with Crippen LogP contribution in [-0.2, 0) is 15.9 Å². The van der Waals surface area contributed by atoms with Crippen LogP contribution in [-0.4, -0.2) is 25.5 Å². The zero-order valence-corrected chi connectivity index (χ0v) is 14.5. The maximum atomic E-state index is 11.9. The van der Waals surface area contributed by atoms with Gasteiger partial charge in [0.1, 0.15) is 24.7 Å². The van der Waals surface area contributed by atoms with Crippen molar-refractivity contribution in [2.75, 3.05) is 13.2 Å². The van der Waals surface area contributed by atoms with Crippen LogP contribution in [0.2, 0.25) is 0 Å². The first-order valence-corrected chi connectivity index (χ1v) is 8.06. The Kier molecular flexibility index (Phi) is 6.79. The first-order chi connectivity index (χ1) is 12.6. The summed E-state index contributed by atoms with van der Waals surface area (Å²) in [6.45, 7) is 8.96. The number of hydrogen-bond acceptors (Lipinski definition) is 6. The molecule has 0 spiro atoms. The largest absolute Gasteiger partial charge is 0.514 e. The number of ether oxygens (including phenoxy) is 4. The molecular formula is C20H20O6. The molecule has 0 unspecified atom stereocenters. The maximum Gasteiger partial charge on any atom is 0.514 e. The monoisotopic (exact) mass is 356 g/mol. The summed E-state index contributed by atoms with van der Waals surface area (Å²) in [6.07, 6.45) is 1.78. The Hall–Kier alpha value is -3.28. The second kappa shape index (κ2) is 9.27. The van der Waals surface area contributed by atoms with Gasteiger partial charge in [0.15, 0.2) is 0 Å². The summed E-state index contributed by atoms with van der Waals surface area (Å²) >= 11 is 0. The van der Waals surface area contributed by atoms with Gasteiger partial charge in [-0.1, -0.05) is 56.5 Å². The van der Waals surface area contributed by atoms with Gasteiger partial charge in [0.2, 0.25) is 0 Å². The Bertz CT molecular complexity index is 824. The van der Waals surface area contributed by atoms with Crippen LogP contribution in [0.3, 0.4) is 0 Å². The standard InChI is InChI=1S/C20H20O6/c1-4-11-23-19(21)25-17-13-14(6-3)18(26-20(22)24-12-5-2)16-10-8-7-9-15(16)17/h4-5,7-10,13H,1-2,6,11-12H2,3H3. The number of aryl methyl sites for hydroxylation is 1. The van der Waals surface area contributed by atoms with E-state index in [4.69, 9.17) is 18.9 Å². The van der Waals surface area contributed by atoms with Crippen LogP contribution in [0.4, 0.5) is 9.59 Å². The zero-order chi connectivity index (χ0) is 18.9. The van der Waals surface area contributed by atoms with Crippen LogP contribution in [0.1, 0.15) is 12.5 Å². The molecule has 136 valence electrons. The molecule has 0 aliphatic carbocycles. The predicted molar refractivity (Wildman–Crippen MR) is 97.7 cm³/mol. The van der Waals surface area contributed by atoms with Crippen LogP contribution >= 0.6 is 0 Å². The molecule has 0 heterocycles. The van der Waals surface area contributed by atoms with Crippen LogP contribution in [0.5, 0.6) is 11.5 Å². The second-order valence-electron chi connectivity index (χ2n) is 5.17. The molecule has 26 heavy (non-hydrogen) atoms. The number of hydrogen-bond donors (Lipinski definition) is 0. The van der Waals surface area contributed by atoms with Gasteiger partial charge in [-0.25, -0.2) is 9.59 Å². The lowest BCUT2D eigenvalue weighted by Gasteiger charge is -2.15. The fourth-order valence-corrected chi connectivity index (χ4v) is 2.32. The van der Waals surface area contributed by atoms with Crippen LogP contribution < -0.4 is 9.47 Å². The average molecular weight is 356 g/mol. The molecule has 2 aromatic rings. The van der Waals surface area contributed by atoms with E-state index in [1.165, 1.54) is 12.2 Å². The van der Waals surface area contributed by atoms with Crippen LogP contribution in [0.25, 0.3) is 10.8 Å². The summed E-state index contributed by atoms with van der Waals surface area (Å²) in [7, 11) is 0. The fraction of sp³-hybridized carbons (Fsp3) is 0.200. The normalized spacial score (nSPS) is 10.0. The van der Waals surface area contributed by atoms with Crippen molar-refractivity contribution in [2.45, 2.75) is 13.3 Å². The molecule has 0 amide bonds. The fourth-order valence-electron chi connectivity index (χ4n) is 2.32. The van der Waals surface area contributed by atoms with Gasteiger partial charge in [-0.05, 0) is 18.1 Å². The number of fused-ring (bicyclic) bond motifs is 1. The van der Waals surface area contributed by atoms with Crippen LogP contribution in [0.15, 0.2) is 55.6 Å². The highest BCUT2D eigenvalue weighted by Crippen LogP contribution is 2.37. The summed E-state index contributed by atoms with van der Waals surface area (Å²) in [5, 5.41) is 1.22. The first kappa shape index (κ1) is 19.1. The van der Waals surface area contributed by atoms with E-state index < -0.39 is 12.3 Å². The summed E-state index contributed by atoms with van der Waals surface area (Å²) < 4.78 is 20.4. The zero-order valence-electron chi connectivity index (χ0n) is 14.5. The highest BCUT2D eigenvalue weighted by Gasteiger charge is 2.18. The molecule has 0 fully saturated rings. The summed E-state index contributed by atoms with van der Waals surface area (Å²) in [4.78, 5) is 23.6. The van der Waals surface area contributed by atoms with Crippen molar-refractivity contribution >= 4 is 23.1 Å². The molecule has 0 aliphatic rings. The minimum atomic E-state index is -0.837. The van der Waals surface area contributed by atoms with Crippen molar-refractivity contribution in [2.24, 2.45) is 0 Å². The third-order valence-electron chi connectivity index (χ3n) is 3.43. The summed E-state index contributed by atoms with van der Waals surface area (Å²) in [6, 6.07) is 8.76. The van der Waals surface area contributed by atoms with Crippen molar-refractivity contribution in [3.63, 3.8) is 0 Å². The average Bonchev–Trinajstić information content (AvgIpc) is 2.66. The van der Waals surface area contributed by atoms with Crippen molar-refractivity contribution in [3.8, 4) is 11.5 Å². The summed E-state index contributed by atoms with van der Waals surface area (Å²) in [5.74, 6) is 0.683. The maximum absolute atomic E-state index is 11.9. The first-order valence-electron chi connectivity index (χ1n) is 8.06. The quantitative estimate of drug-likeness (QED) is 0.403. The van der Waals surface area contributed by atoms with Gasteiger partial charge in [0.25, 0.3) is 0 Å². The number of rotatable bonds is 7. The molecule has 0 aliphatic heterocycles. The van der Waals surface area contributed by atoms with E-state index in [0.29, 0.717) is 34.3 Å². The third-order valence-corrected chi connectivity index (χ3v) is 3.43. The molecule has 0 saturated heterocycles. The van der Waals surface area contributed by atoms with Crippen molar-refractivity contribution < 1.29 is 28.5 Å². The van der Waals surface area contributed by atoms with Gasteiger partial charge < -0.3 is 18.9 Å². The van der Waals surface area contributed by atoms with Gasteiger partial charge >= 0.3 is 12.3 Å². The number of carbonyl (C=O) groups is 2. The molecule has 0 bridgehead atoms. The van der Waals surface area contributed by atoms with Gasteiger partial charge in [-0.3, -0.25) is 0 Å². The Morgan fingerprint density at radius 2 is 1.54 bits per heavy atom. The van der Waals surface area contributed by atoms with Crippen molar-refractivity contribution in [1.29, 1.82) is 0 Å². The van der Waals surface area contributed by atoms with Gasteiger partial charge in [-0.2, -0.15) is 0 Å². The molecule has 0 saturated carbocycles. The molecule has 0 N–H and O–H groups in total. The Morgan fingerprint density at radius 3 is 2.12 bits per heavy atom. The Morgan fingerprint density at radius 1 is 0.962 bits per heavy atom. The van der Waals surface area contributed by atoms with E-state index >= 15 is 0 Å². The number of carbonyl (C=O) groups excluding carboxylic acids is 2. The molecule has 0 radical (unpaired) electrons. The minimum absolute atomic E-state index is 0.0493. The highest BCUT2D eigenvalue weighted by molar-refractivity contribution is 5.96. The lowest BCUT2D eigenvalue weighted by atomic mass is 10.0. The summed E-state index contributed by atoms with van der Waals surface area (Å²) in [5.41, 5.74) is 0.686. The molecule has 6 heteroatoms. The van der Waals surface area contributed by atoms with E-state index in [0.717, 1.165) is 0 Å². The number of benzene rings is 2. The van der Waals surface area contributed by atoms with E-state index in [9.17, 15) is 9.59 Å². The van der Waals surface area contributed by atoms with Gasteiger partial charge in [0.05, 0.1) is 0 Å². The van der Waals surface area contributed by atoms with Gasteiger partial charge in [-0.15, -0.1) is 0 Å². The van der Waals surface area contributed by atoms with Crippen molar-refractivity contribution in [1.82, 2.24) is 0 Å². The molecule has 0 aromatic heterocycles. The lowest BCUT2D eigenvalue weighted by Crippen LogP contribution is -2.13. The Labute approximate surface area is 151 Å². The van der Waals surface area contributed by atoms with E-state index in [-0.39, 0.29) is 13.2 Å². The SMILES string of the molecule is C=CCOC(=O)Oc1cc(CC)c(OC(=O)OCC=C)c2ccccc12. The van der Waals surface area contributed by atoms with E-state index in [2.05, 4.69) is 13.2 Å². The molecular weight excluding hydrogens is 336 g/mol. The molecule has 2 aromatic carbocycles. The second-order valence-corrected chi connectivity index (χ2v) is 5.17. The van der Waals surface area contributed by atoms with Crippen molar-refractivity contribution in [3.05, 3.63) is 61.2 Å². The topological polar surface area (TPSA) is 71.1 Å². The van der Waals surface area contributed by atoms with Gasteiger partial charge in [0, 0.05) is 10.8 Å². The molecule has 6 nitrogen and oxygen atoms in total. The molecule has 0 atom stereocenters. The smallest absolute Gasteiger partial charge is 0.430 e.